The molecule has 2 aromatic rings. The smallest absolute Gasteiger partial charge is 0.123 e. The van der Waals surface area contributed by atoms with E-state index in [1.165, 1.54) is 54.4 Å². The number of fused-ring (bicyclic) bond motifs is 3. The normalized spacial score (nSPS) is 17.8. The molecule has 102 valence electrons. The molecule has 0 amide bonds. The third-order valence-electron chi connectivity index (χ3n) is 5.03. The highest BCUT2D eigenvalue weighted by Crippen LogP contribution is 2.46. The van der Waals surface area contributed by atoms with Gasteiger partial charge >= 0.3 is 0 Å². The van der Waals surface area contributed by atoms with Gasteiger partial charge in [-0.15, -0.1) is 0 Å². The van der Waals surface area contributed by atoms with Gasteiger partial charge in [0.2, 0.25) is 0 Å². The second-order valence-corrected chi connectivity index (χ2v) is 6.20. The number of phenols is 1. The predicted molar refractivity (Wildman–Crippen MR) is 82.2 cm³/mol. The van der Waals surface area contributed by atoms with E-state index < -0.39 is 0 Å². The van der Waals surface area contributed by atoms with Crippen molar-refractivity contribution in [3.8, 4) is 16.9 Å². The quantitative estimate of drug-likeness (QED) is 0.655. The highest BCUT2D eigenvalue weighted by molar-refractivity contribution is 5.79. The Bertz CT molecular complexity index is 651. The van der Waals surface area contributed by atoms with E-state index in [1.807, 2.05) is 0 Å². The highest BCUT2D eigenvalue weighted by Gasteiger charge is 2.26. The molecule has 2 aliphatic rings. The maximum atomic E-state index is 10.7. The van der Waals surface area contributed by atoms with Crippen molar-refractivity contribution in [1.82, 2.24) is 0 Å². The van der Waals surface area contributed by atoms with Gasteiger partial charge in [0.25, 0.3) is 0 Å². The molecule has 2 aromatic carbocycles. The first-order chi connectivity index (χ1) is 9.84. The molecule has 1 fully saturated rings. The molecule has 1 N–H and O–H groups in total. The summed E-state index contributed by atoms with van der Waals surface area (Å²) in [6.07, 6.45) is 7.33. The van der Waals surface area contributed by atoms with Crippen molar-refractivity contribution < 1.29 is 5.11 Å². The van der Waals surface area contributed by atoms with E-state index in [0.29, 0.717) is 11.7 Å². The average molecular weight is 264 g/mol. The molecule has 0 bridgehead atoms. The summed E-state index contributed by atoms with van der Waals surface area (Å²) in [5, 5.41) is 10.7. The molecule has 0 atom stereocenters. The minimum Gasteiger partial charge on any atom is -0.507 e. The van der Waals surface area contributed by atoms with Gasteiger partial charge in [-0.1, -0.05) is 55.7 Å². The lowest BCUT2D eigenvalue weighted by atomic mass is 9.82. The van der Waals surface area contributed by atoms with Crippen LogP contribution in [0.1, 0.15) is 54.7 Å². The Balaban J connectivity index is 1.78. The molecule has 0 radical (unpaired) electrons. The molecule has 4 rings (SSSR count). The Morgan fingerprint density at radius 2 is 1.65 bits per heavy atom. The Hall–Kier alpha value is -1.76. The van der Waals surface area contributed by atoms with E-state index in [0.717, 1.165) is 12.0 Å². The van der Waals surface area contributed by atoms with Gasteiger partial charge in [0, 0.05) is 12.0 Å². The first kappa shape index (κ1) is 12.0. The molecule has 0 aromatic heterocycles. The topological polar surface area (TPSA) is 20.2 Å². The van der Waals surface area contributed by atoms with E-state index >= 15 is 0 Å². The van der Waals surface area contributed by atoms with Crippen molar-refractivity contribution >= 4 is 0 Å². The van der Waals surface area contributed by atoms with Crippen LogP contribution in [0.3, 0.4) is 0 Å². The van der Waals surface area contributed by atoms with Gasteiger partial charge in [-0.25, -0.2) is 0 Å². The van der Waals surface area contributed by atoms with Crippen LogP contribution < -0.4 is 0 Å². The summed E-state index contributed by atoms with van der Waals surface area (Å²) in [5.74, 6) is 1.14. The van der Waals surface area contributed by atoms with E-state index in [1.54, 1.807) is 0 Å². The summed E-state index contributed by atoms with van der Waals surface area (Å²) in [4.78, 5) is 0. The summed E-state index contributed by atoms with van der Waals surface area (Å²) < 4.78 is 0. The molecular formula is C19H20O. The largest absolute Gasteiger partial charge is 0.507 e. The van der Waals surface area contributed by atoms with Gasteiger partial charge in [0.1, 0.15) is 5.75 Å². The first-order valence-corrected chi connectivity index (χ1v) is 7.77. The Labute approximate surface area is 120 Å². The number of rotatable bonds is 1. The Morgan fingerprint density at radius 1 is 0.850 bits per heavy atom. The number of aromatic hydroxyl groups is 1. The van der Waals surface area contributed by atoms with Crippen LogP contribution in [0.2, 0.25) is 0 Å². The summed E-state index contributed by atoms with van der Waals surface area (Å²) in [7, 11) is 0. The van der Waals surface area contributed by atoms with Crippen LogP contribution in [0.4, 0.5) is 0 Å². The van der Waals surface area contributed by atoms with Gasteiger partial charge < -0.3 is 5.11 Å². The van der Waals surface area contributed by atoms with Crippen LogP contribution in [-0.4, -0.2) is 5.11 Å². The minimum absolute atomic E-state index is 0.567. The molecule has 0 unspecified atom stereocenters. The van der Waals surface area contributed by atoms with E-state index in [-0.39, 0.29) is 0 Å². The average Bonchev–Trinajstić information content (AvgIpc) is 2.88. The lowest BCUT2D eigenvalue weighted by molar-refractivity contribution is 0.412. The van der Waals surface area contributed by atoms with Crippen LogP contribution in [0.5, 0.6) is 5.75 Å². The molecule has 1 saturated carbocycles. The number of hydrogen-bond acceptors (Lipinski definition) is 1. The maximum absolute atomic E-state index is 10.7. The van der Waals surface area contributed by atoms with Gasteiger partial charge in [0.05, 0.1) is 0 Å². The molecule has 0 saturated heterocycles. The van der Waals surface area contributed by atoms with Gasteiger partial charge in [-0.3, -0.25) is 0 Å². The summed E-state index contributed by atoms with van der Waals surface area (Å²) in [6.45, 7) is 0. The van der Waals surface area contributed by atoms with Crippen LogP contribution in [0, 0.1) is 0 Å². The second-order valence-electron chi connectivity index (χ2n) is 6.20. The van der Waals surface area contributed by atoms with Gasteiger partial charge in [0.15, 0.2) is 0 Å². The van der Waals surface area contributed by atoms with E-state index in [9.17, 15) is 5.11 Å². The summed E-state index contributed by atoms with van der Waals surface area (Å²) in [6, 6.07) is 12.9. The number of benzene rings is 2. The minimum atomic E-state index is 0.567. The fraction of sp³-hybridized carbons (Fsp3) is 0.368. The summed E-state index contributed by atoms with van der Waals surface area (Å²) in [5.41, 5.74) is 6.22. The van der Waals surface area contributed by atoms with Crippen molar-refractivity contribution in [1.29, 1.82) is 0 Å². The molecule has 1 nitrogen and oxygen atoms in total. The Morgan fingerprint density at radius 3 is 2.50 bits per heavy atom. The third-order valence-corrected chi connectivity index (χ3v) is 5.03. The van der Waals surface area contributed by atoms with Crippen LogP contribution in [0.15, 0.2) is 36.4 Å². The van der Waals surface area contributed by atoms with E-state index in [4.69, 9.17) is 0 Å². The highest BCUT2D eigenvalue weighted by atomic mass is 16.3. The SMILES string of the molecule is Oc1c(C2CCCCC2)ccc2c1Cc1ccccc1-2. The molecule has 0 spiro atoms. The number of hydrogen-bond donors (Lipinski definition) is 1. The van der Waals surface area contributed by atoms with Crippen molar-refractivity contribution in [2.75, 3.05) is 0 Å². The zero-order chi connectivity index (χ0) is 13.5. The molecule has 0 heterocycles. The molecular weight excluding hydrogens is 244 g/mol. The fourth-order valence-corrected chi connectivity index (χ4v) is 3.96. The second kappa shape index (κ2) is 4.66. The molecule has 20 heavy (non-hydrogen) atoms. The van der Waals surface area contributed by atoms with Crippen molar-refractivity contribution in [3.05, 3.63) is 53.1 Å². The summed E-state index contributed by atoms with van der Waals surface area (Å²) >= 11 is 0. The fourth-order valence-electron chi connectivity index (χ4n) is 3.96. The maximum Gasteiger partial charge on any atom is 0.123 e. The van der Waals surface area contributed by atoms with Crippen molar-refractivity contribution in [3.63, 3.8) is 0 Å². The van der Waals surface area contributed by atoms with E-state index in [2.05, 4.69) is 36.4 Å². The van der Waals surface area contributed by atoms with Crippen molar-refractivity contribution in [2.45, 2.75) is 44.4 Å². The third kappa shape index (κ3) is 1.76. The monoisotopic (exact) mass is 264 g/mol. The molecule has 1 heteroatoms. The van der Waals surface area contributed by atoms with Gasteiger partial charge in [-0.2, -0.15) is 0 Å². The lowest BCUT2D eigenvalue weighted by Gasteiger charge is -2.23. The zero-order valence-electron chi connectivity index (χ0n) is 11.7. The van der Waals surface area contributed by atoms with Crippen molar-refractivity contribution in [2.24, 2.45) is 0 Å². The standard InChI is InChI=1S/C19H20O/c20-19-16(13-6-2-1-3-7-13)10-11-17-15-9-5-4-8-14(15)12-18(17)19/h4-5,8-11,13,20H,1-3,6-7,12H2. The molecule has 2 aliphatic carbocycles. The van der Waals surface area contributed by atoms with Crippen LogP contribution >= 0.6 is 0 Å². The Kier molecular flexibility index (Phi) is 2.80. The predicted octanol–water partition coefficient (Wildman–Crippen LogP) is 5.01. The first-order valence-electron chi connectivity index (χ1n) is 7.77. The lowest BCUT2D eigenvalue weighted by Crippen LogP contribution is -2.05. The zero-order valence-corrected chi connectivity index (χ0v) is 11.7. The molecule has 0 aliphatic heterocycles. The van der Waals surface area contributed by atoms with Crippen LogP contribution in [-0.2, 0) is 6.42 Å². The van der Waals surface area contributed by atoms with Crippen LogP contribution in [0.25, 0.3) is 11.1 Å². The van der Waals surface area contributed by atoms with Gasteiger partial charge in [-0.05, 0) is 41.0 Å². The number of phenolic OH excluding ortho intramolecular Hbond substituents is 1.